The van der Waals surface area contributed by atoms with Gasteiger partial charge in [-0.15, -0.1) is 0 Å². The topological polar surface area (TPSA) is 56.4 Å². The van der Waals surface area contributed by atoms with E-state index in [-0.39, 0.29) is 18.0 Å². The molecule has 0 spiro atoms. The SMILES string of the molecule is Cc1ccc(C2c3[nH]c4ccccc4c3CC3C(=O)N(Cc4ccccc4)C(=O)N32)cc1. The predicted molar refractivity (Wildman–Crippen MR) is 123 cm³/mol. The van der Waals surface area contributed by atoms with Crippen LogP contribution in [0.4, 0.5) is 4.79 Å². The Morgan fingerprint density at radius 1 is 0.906 bits per heavy atom. The number of carbonyl (C=O) groups is 2. The standard InChI is InChI=1S/C27H23N3O2/c1-17-11-13-19(14-12-17)25-24-21(20-9-5-6-10-22(20)28-24)15-23-26(31)29(27(32)30(23)25)16-18-7-3-2-4-8-18/h2-14,23,25,28H,15-16H2,1H3. The van der Waals surface area contributed by atoms with Crippen LogP contribution in [0, 0.1) is 6.92 Å². The monoisotopic (exact) mass is 421 g/mol. The van der Waals surface area contributed by atoms with Gasteiger partial charge in [0.25, 0.3) is 5.91 Å². The number of benzene rings is 3. The van der Waals surface area contributed by atoms with Gasteiger partial charge in [-0.1, -0.05) is 78.4 Å². The maximum absolute atomic E-state index is 13.6. The Morgan fingerprint density at radius 2 is 1.62 bits per heavy atom. The number of hydrogen-bond donors (Lipinski definition) is 1. The van der Waals surface area contributed by atoms with Gasteiger partial charge in [0.15, 0.2) is 0 Å². The number of H-pyrrole nitrogens is 1. The molecule has 2 aliphatic rings. The molecule has 5 heteroatoms. The summed E-state index contributed by atoms with van der Waals surface area (Å²) in [6.07, 6.45) is 0.525. The van der Waals surface area contributed by atoms with E-state index in [2.05, 4.69) is 41.4 Å². The summed E-state index contributed by atoms with van der Waals surface area (Å²) in [6.45, 7) is 2.34. The number of imide groups is 1. The van der Waals surface area contributed by atoms with Crippen molar-refractivity contribution in [3.8, 4) is 0 Å². The Labute approximate surface area is 186 Å². The Morgan fingerprint density at radius 3 is 2.41 bits per heavy atom. The summed E-state index contributed by atoms with van der Waals surface area (Å²) in [5.74, 6) is -0.119. The molecule has 4 aromatic rings. The zero-order chi connectivity index (χ0) is 21.8. The number of para-hydroxylation sites is 1. The Kier molecular flexibility index (Phi) is 4.18. The molecule has 0 aliphatic carbocycles. The summed E-state index contributed by atoms with van der Waals surface area (Å²) in [4.78, 5) is 33.9. The van der Waals surface area contributed by atoms with E-state index in [1.165, 1.54) is 4.90 Å². The van der Waals surface area contributed by atoms with Gasteiger partial charge < -0.3 is 4.98 Å². The summed E-state index contributed by atoms with van der Waals surface area (Å²) in [6, 6.07) is 25.1. The summed E-state index contributed by atoms with van der Waals surface area (Å²) < 4.78 is 0. The summed E-state index contributed by atoms with van der Waals surface area (Å²) in [5.41, 5.74) is 6.30. The molecule has 5 nitrogen and oxygen atoms in total. The van der Waals surface area contributed by atoms with E-state index in [0.717, 1.165) is 38.9 Å². The molecule has 2 atom stereocenters. The highest BCUT2D eigenvalue weighted by Crippen LogP contribution is 2.44. The lowest BCUT2D eigenvalue weighted by molar-refractivity contribution is -0.129. The number of nitrogens with one attached hydrogen (secondary N) is 1. The molecule has 0 bridgehead atoms. The van der Waals surface area contributed by atoms with Crippen LogP contribution < -0.4 is 0 Å². The van der Waals surface area contributed by atoms with Crippen molar-refractivity contribution in [2.24, 2.45) is 0 Å². The second kappa shape index (κ2) is 7.09. The number of fused-ring (bicyclic) bond motifs is 4. The van der Waals surface area contributed by atoms with Gasteiger partial charge in [0.2, 0.25) is 0 Å². The first-order valence-corrected chi connectivity index (χ1v) is 11.0. The van der Waals surface area contributed by atoms with Gasteiger partial charge in [-0.3, -0.25) is 14.6 Å². The molecule has 1 aromatic heterocycles. The van der Waals surface area contributed by atoms with E-state index in [4.69, 9.17) is 0 Å². The number of aromatic amines is 1. The smallest absolute Gasteiger partial charge is 0.328 e. The molecule has 2 aliphatic heterocycles. The molecule has 6 rings (SSSR count). The fourth-order valence-corrected chi connectivity index (χ4v) is 5.14. The van der Waals surface area contributed by atoms with Crippen LogP contribution in [-0.2, 0) is 17.8 Å². The first kappa shape index (κ1) is 18.9. The van der Waals surface area contributed by atoms with Crippen LogP contribution in [-0.4, -0.2) is 32.8 Å². The van der Waals surface area contributed by atoms with E-state index in [1.807, 2.05) is 49.4 Å². The minimum absolute atomic E-state index is 0.119. The lowest BCUT2D eigenvalue weighted by atomic mass is 9.88. The Hall–Kier alpha value is -3.86. The average Bonchev–Trinajstić information content (AvgIpc) is 3.30. The Balaban J connectivity index is 1.49. The third-order valence-electron chi connectivity index (χ3n) is 6.71. The quantitative estimate of drug-likeness (QED) is 0.476. The molecule has 1 fully saturated rings. The highest BCUT2D eigenvalue weighted by molar-refractivity contribution is 6.05. The third kappa shape index (κ3) is 2.78. The number of aromatic nitrogens is 1. The van der Waals surface area contributed by atoms with Gasteiger partial charge in [-0.25, -0.2) is 4.79 Å². The van der Waals surface area contributed by atoms with Crippen LogP contribution in [0.5, 0.6) is 0 Å². The van der Waals surface area contributed by atoms with Crippen molar-refractivity contribution in [3.63, 3.8) is 0 Å². The van der Waals surface area contributed by atoms with E-state index in [0.29, 0.717) is 13.0 Å². The molecular weight excluding hydrogens is 398 g/mol. The van der Waals surface area contributed by atoms with Crippen molar-refractivity contribution in [1.29, 1.82) is 0 Å². The number of urea groups is 1. The molecule has 3 amide bonds. The molecular formula is C27H23N3O2. The van der Waals surface area contributed by atoms with Crippen LogP contribution in [0.2, 0.25) is 0 Å². The van der Waals surface area contributed by atoms with Crippen LogP contribution in [0.15, 0.2) is 78.9 Å². The predicted octanol–water partition coefficient (Wildman–Crippen LogP) is 4.95. The second-order valence-corrected chi connectivity index (χ2v) is 8.70. The van der Waals surface area contributed by atoms with Crippen molar-refractivity contribution in [2.45, 2.75) is 32.0 Å². The van der Waals surface area contributed by atoms with Crippen molar-refractivity contribution in [2.75, 3.05) is 0 Å². The minimum atomic E-state index is -0.496. The number of hydrogen-bond acceptors (Lipinski definition) is 2. The zero-order valence-corrected chi connectivity index (χ0v) is 17.8. The van der Waals surface area contributed by atoms with Crippen molar-refractivity contribution in [1.82, 2.24) is 14.8 Å². The normalized spacial score (nSPS) is 20.0. The van der Waals surface area contributed by atoms with Gasteiger partial charge in [0.05, 0.1) is 6.54 Å². The largest absolute Gasteiger partial charge is 0.356 e. The lowest BCUT2D eigenvalue weighted by Gasteiger charge is -2.36. The minimum Gasteiger partial charge on any atom is -0.356 e. The van der Waals surface area contributed by atoms with Crippen LogP contribution >= 0.6 is 0 Å². The van der Waals surface area contributed by atoms with E-state index in [9.17, 15) is 9.59 Å². The molecule has 0 radical (unpaired) electrons. The Bertz CT molecular complexity index is 1340. The highest BCUT2D eigenvalue weighted by atomic mass is 16.2. The van der Waals surface area contributed by atoms with Gasteiger partial charge in [-0.2, -0.15) is 0 Å². The lowest BCUT2D eigenvalue weighted by Crippen LogP contribution is -2.44. The fourth-order valence-electron chi connectivity index (χ4n) is 5.14. The van der Waals surface area contributed by atoms with Crippen molar-refractivity contribution < 1.29 is 9.59 Å². The molecule has 3 heterocycles. The first-order valence-electron chi connectivity index (χ1n) is 11.0. The van der Waals surface area contributed by atoms with Gasteiger partial charge in [-0.05, 0) is 29.7 Å². The number of carbonyl (C=O) groups excluding carboxylic acids is 2. The van der Waals surface area contributed by atoms with E-state index in [1.54, 1.807) is 4.90 Å². The maximum atomic E-state index is 13.6. The molecule has 2 unspecified atom stereocenters. The van der Waals surface area contributed by atoms with Crippen LogP contribution in [0.3, 0.4) is 0 Å². The number of rotatable bonds is 3. The number of nitrogens with zero attached hydrogens (tertiary/aromatic N) is 2. The summed E-state index contributed by atoms with van der Waals surface area (Å²) in [5, 5.41) is 1.13. The highest BCUT2D eigenvalue weighted by Gasteiger charge is 2.52. The van der Waals surface area contributed by atoms with Crippen molar-refractivity contribution in [3.05, 3.63) is 107 Å². The molecule has 32 heavy (non-hydrogen) atoms. The molecule has 1 saturated heterocycles. The molecule has 158 valence electrons. The van der Waals surface area contributed by atoms with Gasteiger partial charge in [0, 0.05) is 23.0 Å². The van der Waals surface area contributed by atoms with E-state index >= 15 is 0 Å². The summed E-state index contributed by atoms with van der Waals surface area (Å²) >= 11 is 0. The van der Waals surface area contributed by atoms with E-state index < -0.39 is 6.04 Å². The zero-order valence-electron chi connectivity index (χ0n) is 17.8. The third-order valence-corrected chi connectivity index (χ3v) is 6.71. The van der Waals surface area contributed by atoms with Gasteiger partial charge >= 0.3 is 6.03 Å². The average molecular weight is 422 g/mol. The van der Waals surface area contributed by atoms with Gasteiger partial charge in [0.1, 0.15) is 12.1 Å². The summed E-state index contributed by atoms with van der Waals surface area (Å²) in [7, 11) is 0. The molecule has 1 N–H and O–H groups in total. The number of aryl methyl sites for hydroxylation is 1. The first-order chi connectivity index (χ1) is 15.6. The van der Waals surface area contributed by atoms with Crippen LogP contribution in [0.25, 0.3) is 10.9 Å². The van der Waals surface area contributed by atoms with Crippen molar-refractivity contribution >= 4 is 22.8 Å². The molecule has 0 saturated carbocycles. The maximum Gasteiger partial charge on any atom is 0.328 e. The van der Waals surface area contributed by atoms with Crippen LogP contribution in [0.1, 0.15) is 34.0 Å². The second-order valence-electron chi connectivity index (χ2n) is 8.70. The number of amides is 3. The fraction of sp³-hybridized carbons (Fsp3) is 0.185. The molecule has 3 aromatic carbocycles.